The number of carbonyl (C=O) groups excluding carboxylic acids is 2. The molecule has 0 saturated carbocycles. The molecule has 7 heteroatoms. The summed E-state index contributed by atoms with van der Waals surface area (Å²) in [6, 6.07) is 18.0. The summed E-state index contributed by atoms with van der Waals surface area (Å²) in [4.78, 5) is 28.8. The van der Waals surface area contributed by atoms with Crippen LogP contribution in [0.4, 0.5) is 0 Å². The Morgan fingerprint density at radius 2 is 1.94 bits per heavy atom. The molecule has 0 aliphatic carbocycles. The second-order valence-electron chi connectivity index (χ2n) is 7.43. The number of carbonyl (C=O) groups is 2. The van der Waals surface area contributed by atoms with Gasteiger partial charge in [0.1, 0.15) is 24.0 Å². The van der Waals surface area contributed by atoms with E-state index in [4.69, 9.17) is 15.2 Å². The smallest absolute Gasteiger partial charge is 0.337 e. The minimum atomic E-state index is -1.76. The third-order valence-corrected chi connectivity index (χ3v) is 5.68. The molecule has 2 aromatic carbocycles. The number of fused-ring (bicyclic) bond motifs is 2. The zero-order valence-electron chi connectivity index (χ0n) is 17.5. The molecule has 2 aliphatic rings. The quantitative estimate of drug-likeness (QED) is 0.581. The summed E-state index contributed by atoms with van der Waals surface area (Å²) in [5.41, 5.74) is 5.78. The largest absolute Gasteiger partial charge is 0.457 e. The fraction of sp³-hybridized carbons (Fsp3) is 0.160. The Labute approximate surface area is 185 Å². The third kappa shape index (κ3) is 2.96. The van der Waals surface area contributed by atoms with Crippen LogP contribution in [0.25, 0.3) is 0 Å². The lowest BCUT2D eigenvalue weighted by molar-refractivity contribution is -0.142. The van der Waals surface area contributed by atoms with Crippen molar-refractivity contribution in [1.82, 2.24) is 4.90 Å². The van der Waals surface area contributed by atoms with E-state index in [9.17, 15) is 14.9 Å². The van der Waals surface area contributed by atoms with Gasteiger partial charge in [-0.25, -0.2) is 4.79 Å². The Balaban J connectivity index is 1.91. The van der Waals surface area contributed by atoms with Gasteiger partial charge in [-0.3, -0.25) is 4.79 Å². The van der Waals surface area contributed by atoms with E-state index in [1.54, 1.807) is 37.3 Å². The number of allylic oxidation sites excluding steroid dienone is 1. The van der Waals surface area contributed by atoms with Crippen molar-refractivity contribution in [2.45, 2.75) is 18.9 Å². The molecule has 2 aliphatic heterocycles. The van der Waals surface area contributed by atoms with Crippen LogP contribution in [0.5, 0.6) is 5.75 Å². The molecule has 0 aromatic heterocycles. The SMILES string of the molecule is C=CCN1C(=O)[C@]2(C(C#N)=C(N)Oc3ccccc32)C(C(=O)OCc2ccccc2)=C1C. The maximum absolute atomic E-state index is 13.9. The lowest BCUT2D eigenvalue weighted by Crippen LogP contribution is -2.47. The third-order valence-electron chi connectivity index (χ3n) is 5.68. The molecule has 32 heavy (non-hydrogen) atoms. The first-order valence-electron chi connectivity index (χ1n) is 9.99. The predicted octanol–water partition coefficient (Wildman–Crippen LogP) is 3.06. The van der Waals surface area contributed by atoms with Gasteiger partial charge in [-0.1, -0.05) is 54.6 Å². The molecular formula is C25H21N3O4. The van der Waals surface area contributed by atoms with Crippen molar-refractivity contribution in [2.24, 2.45) is 5.73 Å². The maximum Gasteiger partial charge on any atom is 0.337 e. The van der Waals surface area contributed by atoms with E-state index < -0.39 is 17.3 Å². The van der Waals surface area contributed by atoms with Gasteiger partial charge in [-0.05, 0) is 18.6 Å². The summed E-state index contributed by atoms with van der Waals surface area (Å²) in [5.74, 6) is -1.10. The second kappa shape index (κ2) is 8.08. The number of nitrogens with two attached hydrogens (primary N) is 1. The minimum Gasteiger partial charge on any atom is -0.457 e. The van der Waals surface area contributed by atoms with Gasteiger partial charge < -0.3 is 20.1 Å². The average molecular weight is 427 g/mol. The van der Waals surface area contributed by atoms with Crippen LogP contribution in [0.15, 0.2) is 90.0 Å². The highest BCUT2D eigenvalue weighted by Crippen LogP contribution is 2.53. The molecule has 160 valence electrons. The van der Waals surface area contributed by atoms with Crippen LogP contribution in [0.2, 0.25) is 0 Å². The van der Waals surface area contributed by atoms with Gasteiger partial charge in [0.15, 0.2) is 5.41 Å². The normalized spacial score (nSPS) is 19.5. The average Bonchev–Trinajstić information content (AvgIpc) is 3.01. The molecule has 1 atom stereocenters. The number of rotatable bonds is 5. The first-order valence-corrected chi connectivity index (χ1v) is 9.99. The molecule has 0 radical (unpaired) electrons. The highest BCUT2D eigenvalue weighted by molar-refractivity contribution is 6.12. The summed E-state index contributed by atoms with van der Waals surface area (Å²) in [6.45, 7) is 5.53. The molecule has 2 heterocycles. The maximum atomic E-state index is 13.9. The Bertz CT molecular complexity index is 1220. The molecule has 7 nitrogen and oxygen atoms in total. The van der Waals surface area contributed by atoms with E-state index in [1.807, 2.05) is 36.4 Å². The number of hydrogen-bond acceptors (Lipinski definition) is 6. The van der Waals surface area contributed by atoms with Gasteiger partial charge in [-0.2, -0.15) is 5.26 Å². The van der Waals surface area contributed by atoms with E-state index >= 15 is 0 Å². The lowest BCUT2D eigenvalue weighted by atomic mass is 9.68. The highest BCUT2D eigenvalue weighted by Gasteiger charge is 2.62. The van der Waals surface area contributed by atoms with Crippen molar-refractivity contribution in [3.8, 4) is 11.8 Å². The zero-order valence-corrected chi connectivity index (χ0v) is 17.5. The minimum absolute atomic E-state index is 0.0153. The first-order chi connectivity index (χ1) is 15.5. The summed E-state index contributed by atoms with van der Waals surface area (Å²) in [5, 5.41) is 10.0. The van der Waals surface area contributed by atoms with Crippen molar-refractivity contribution in [1.29, 1.82) is 5.26 Å². The van der Waals surface area contributed by atoms with Gasteiger partial charge in [-0.15, -0.1) is 6.58 Å². The van der Waals surface area contributed by atoms with Crippen LogP contribution >= 0.6 is 0 Å². The molecule has 2 N–H and O–H groups in total. The number of esters is 1. The van der Waals surface area contributed by atoms with Crippen molar-refractivity contribution < 1.29 is 19.1 Å². The Morgan fingerprint density at radius 3 is 2.62 bits per heavy atom. The summed E-state index contributed by atoms with van der Waals surface area (Å²) in [6.07, 6.45) is 1.55. The Kier molecular flexibility index (Phi) is 5.29. The fourth-order valence-electron chi connectivity index (χ4n) is 4.29. The summed E-state index contributed by atoms with van der Waals surface area (Å²) >= 11 is 0. The van der Waals surface area contributed by atoms with E-state index in [2.05, 4.69) is 6.58 Å². The number of amides is 1. The van der Waals surface area contributed by atoms with Gasteiger partial charge in [0, 0.05) is 17.8 Å². The fourth-order valence-corrected chi connectivity index (χ4v) is 4.29. The number of nitriles is 1. The summed E-state index contributed by atoms with van der Waals surface area (Å²) in [7, 11) is 0. The van der Waals surface area contributed by atoms with Crippen LogP contribution in [-0.2, 0) is 26.3 Å². The van der Waals surface area contributed by atoms with Crippen LogP contribution < -0.4 is 10.5 Å². The molecule has 0 fully saturated rings. The zero-order chi connectivity index (χ0) is 22.9. The van der Waals surface area contributed by atoms with E-state index in [0.717, 1.165) is 5.56 Å². The van der Waals surface area contributed by atoms with Crippen molar-refractivity contribution in [3.05, 3.63) is 101 Å². The van der Waals surface area contributed by atoms with Crippen molar-refractivity contribution >= 4 is 11.9 Å². The molecule has 1 amide bonds. The molecule has 2 aromatic rings. The van der Waals surface area contributed by atoms with Gasteiger partial charge in [0.05, 0.1) is 5.57 Å². The predicted molar refractivity (Wildman–Crippen MR) is 116 cm³/mol. The van der Waals surface area contributed by atoms with E-state index in [0.29, 0.717) is 17.0 Å². The molecule has 0 saturated heterocycles. The number of hydrogen-bond donors (Lipinski definition) is 1. The number of ether oxygens (including phenoxy) is 2. The van der Waals surface area contributed by atoms with Crippen LogP contribution in [0.3, 0.4) is 0 Å². The van der Waals surface area contributed by atoms with Crippen LogP contribution in [-0.4, -0.2) is 23.3 Å². The van der Waals surface area contributed by atoms with Crippen molar-refractivity contribution in [3.63, 3.8) is 0 Å². The monoisotopic (exact) mass is 427 g/mol. The Hall–Kier alpha value is -4.31. The van der Waals surface area contributed by atoms with E-state index in [1.165, 1.54) is 4.90 Å². The topological polar surface area (TPSA) is 106 Å². The molecule has 0 unspecified atom stereocenters. The first kappa shape index (κ1) is 20.9. The lowest BCUT2D eigenvalue weighted by Gasteiger charge is -2.35. The summed E-state index contributed by atoms with van der Waals surface area (Å²) < 4.78 is 11.2. The number of para-hydroxylation sites is 1. The molecular weight excluding hydrogens is 406 g/mol. The highest BCUT2D eigenvalue weighted by atomic mass is 16.5. The van der Waals surface area contributed by atoms with Crippen molar-refractivity contribution in [2.75, 3.05) is 6.54 Å². The van der Waals surface area contributed by atoms with Crippen LogP contribution in [0.1, 0.15) is 18.1 Å². The van der Waals surface area contributed by atoms with Gasteiger partial charge in [0.2, 0.25) is 11.8 Å². The number of nitrogens with zero attached hydrogens (tertiary/aromatic N) is 2. The molecule has 4 rings (SSSR count). The number of benzene rings is 2. The second-order valence-corrected chi connectivity index (χ2v) is 7.43. The van der Waals surface area contributed by atoms with E-state index in [-0.39, 0.29) is 30.2 Å². The van der Waals surface area contributed by atoms with Crippen LogP contribution in [0, 0.1) is 11.3 Å². The molecule has 0 bridgehead atoms. The van der Waals surface area contributed by atoms with Gasteiger partial charge in [0.25, 0.3) is 0 Å². The van der Waals surface area contributed by atoms with Gasteiger partial charge >= 0.3 is 5.97 Å². The standard InChI is InChI=1S/C25H21N3O4/c1-3-13-28-16(2)21(23(29)31-15-17-9-5-4-6-10-17)25(24(28)30)18-11-7-8-12-20(18)32-22(27)19(25)14-26/h3-12H,1,13,15,27H2,2H3/t25-/m1/s1. The molecule has 1 spiro atoms. The Morgan fingerprint density at radius 1 is 1.25 bits per heavy atom.